The van der Waals surface area contributed by atoms with Crippen molar-refractivity contribution in [1.82, 2.24) is 0 Å². The molecule has 0 aromatic heterocycles. The molecule has 0 radical (unpaired) electrons. The molecule has 2 atom stereocenters. The number of unbranched alkanes of at least 4 members (excludes halogenated alkanes) is 4. The zero-order valence-corrected chi connectivity index (χ0v) is 13.8. The molecule has 0 fully saturated rings. The number of hydrogen-bond donors (Lipinski definition) is 3. The molecular weight excluding hydrogens is 280 g/mol. The number of carbonyl (C=O) groups is 1. The highest BCUT2D eigenvalue weighted by atomic mass is 16.4. The summed E-state index contributed by atoms with van der Waals surface area (Å²) in [4.78, 5) is 10.3. The first-order chi connectivity index (χ1) is 10.6. The van der Waals surface area contributed by atoms with Crippen molar-refractivity contribution < 1.29 is 20.1 Å². The molecule has 4 heteroatoms. The monoisotopic (exact) mass is 312 g/mol. The van der Waals surface area contributed by atoms with Crippen molar-refractivity contribution in [3.63, 3.8) is 0 Å². The number of aliphatic carboxylic acids is 1. The largest absolute Gasteiger partial charge is 0.481 e. The van der Waals surface area contributed by atoms with Gasteiger partial charge in [0.15, 0.2) is 0 Å². The van der Waals surface area contributed by atoms with Gasteiger partial charge in [-0.2, -0.15) is 0 Å². The van der Waals surface area contributed by atoms with E-state index in [-0.39, 0.29) is 6.42 Å². The summed E-state index contributed by atoms with van der Waals surface area (Å²) in [6.45, 7) is 2.09. The SMILES string of the molecule is CC/C=C\C/C=C\CC(O)C(O)CCCCCCCC(=O)O. The van der Waals surface area contributed by atoms with E-state index >= 15 is 0 Å². The van der Waals surface area contributed by atoms with Crippen molar-refractivity contribution in [2.45, 2.75) is 83.3 Å². The molecule has 0 aliphatic heterocycles. The van der Waals surface area contributed by atoms with Crippen LogP contribution >= 0.6 is 0 Å². The normalized spacial score (nSPS) is 14.7. The Labute approximate surface area is 134 Å². The van der Waals surface area contributed by atoms with Gasteiger partial charge in [-0.1, -0.05) is 56.9 Å². The Morgan fingerprint density at radius 1 is 0.909 bits per heavy atom. The number of carboxylic acids is 1. The van der Waals surface area contributed by atoms with E-state index in [2.05, 4.69) is 19.1 Å². The minimum Gasteiger partial charge on any atom is -0.481 e. The second kappa shape index (κ2) is 14.8. The van der Waals surface area contributed by atoms with Gasteiger partial charge in [0.05, 0.1) is 12.2 Å². The van der Waals surface area contributed by atoms with Gasteiger partial charge in [-0.25, -0.2) is 0 Å². The average Bonchev–Trinajstić information content (AvgIpc) is 2.49. The lowest BCUT2D eigenvalue weighted by atomic mass is 10.0. The highest BCUT2D eigenvalue weighted by Crippen LogP contribution is 2.12. The van der Waals surface area contributed by atoms with Crippen LogP contribution in [0.4, 0.5) is 0 Å². The molecule has 0 rings (SSSR count). The van der Waals surface area contributed by atoms with Gasteiger partial charge in [0, 0.05) is 6.42 Å². The first-order valence-corrected chi connectivity index (χ1v) is 8.45. The molecule has 0 bridgehead atoms. The molecule has 0 aromatic carbocycles. The third-order valence-corrected chi connectivity index (χ3v) is 3.55. The van der Waals surface area contributed by atoms with Crippen LogP contribution in [0.15, 0.2) is 24.3 Å². The molecule has 0 amide bonds. The van der Waals surface area contributed by atoms with E-state index in [1.165, 1.54) is 0 Å². The van der Waals surface area contributed by atoms with Crippen molar-refractivity contribution in [1.29, 1.82) is 0 Å². The van der Waals surface area contributed by atoms with E-state index in [1.807, 2.05) is 12.2 Å². The van der Waals surface area contributed by atoms with Gasteiger partial charge >= 0.3 is 5.97 Å². The van der Waals surface area contributed by atoms with Gasteiger partial charge in [-0.15, -0.1) is 0 Å². The lowest BCUT2D eigenvalue weighted by Gasteiger charge is -2.16. The standard InChI is InChI=1S/C18H32O4/c1-2-3-4-5-7-10-13-16(19)17(20)14-11-8-6-9-12-15-18(21)22/h3-4,7,10,16-17,19-20H,2,5-6,8-9,11-15H2,1H3,(H,21,22)/b4-3-,10-7-. The minimum absolute atomic E-state index is 0.237. The van der Waals surface area contributed by atoms with Crippen LogP contribution < -0.4 is 0 Å². The van der Waals surface area contributed by atoms with Crippen LogP contribution in [0.2, 0.25) is 0 Å². The average molecular weight is 312 g/mol. The lowest BCUT2D eigenvalue weighted by Crippen LogP contribution is -2.25. The number of aliphatic hydroxyl groups excluding tert-OH is 2. The van der Waals surface area contributed by atoms with Crippen molar-refractivity contribution in [3.8, 4) is 0 Å². The molecule has 3 N–H and O–H groups in total. The Bertz CT molecular complexity index is 323. The number of carboxylic acid groups (broad SMARTS) is 1. The van der Waals surface area contributed by atoms with Crippen molar-refractivity contribution in [2.75, 3.05) is 0 Å². The van der Waals surface area contributed by atoms with Gasteiger partial charge in [-0.05, 0) is 32.1 Å². The lowest BCUT2D eigenvalue weighted by molar-refractivity contribution is -0.137. The summed E-state index contributed by atoms with van der Waals surface area (Å²) in [5, 5.41) is 28.2. The maximum Gasteiger partial charge on any atom is 0.303 e. The van der Waals surface area contributed by atoms with Gasteiger partial charge < -0.3 is 15.3 Å². The molecular formula is C18H32O4. The summed E-state index contributed by atoms with van der Waals surface area (Å²) in [6.07, 6.45) is 14.4. The fourth-order valence-corrected chi connectivity index (χ4v) is 2.18. The predicted octanol–water partition coefficient (Wildman–Crippen LogP) is 3.83. The summed E-state index contributed by atoms with van der Waals surface area (Å²) < 4.78 is 0. The van der Waals surface area contributed by atoms with Gasteiger partial charge in [-0.3, -0.25) is 4.79 Å². The van der Waals surface area contributed by atoms with Crippen LogP contribution in [0.5, 0.6) is 0 Å². The van der Waals surface area contributed by atoms with E-state index in [4.69, 9.17) is 5.11 Å². The fraction of sp³-hybridized carbons (Fsp3) is 0.722. The highest BCUT2D eigenvalue weighted by molar-refractivity contribution is 5.66. The minimum atomic E-state index is -0.739. The number of allylic oxidation sites excluding steroid dienone is 3. The second-order valence-corrected chi connectivity index (χ2v) is 5.66. The quantitative estimate of drug-likeness (QED) is 0.336. The zero-order chi connectivity index (χ0) is 16.6. The van der Waals surface area contributed by atoms with Crippen LogP contribution in [0.25, 0.3) is 0 Å². The second-order valence-electron chi connectivity index (χ2n) is 5.66. The third-order valence-electron chi connectivity index (χ3n) is 3.55. The van der Waals surface area contributed by atoms with Crippen LogP contribution in [0.3, 0.4) is 0 Å². The highest BCUT2D eigenvalue weighted by Gasteiger charge is 2.13. The fourth-order valence-electron chi connectivity index (χ4n) is 2.18. The van der Waals surface area contributed by atoms with Crippen molar-refractivity contribution >= 4 is 5.97 Å². The number of hydrogen-bond acceptors (Lipinski definition) is 3. The molecule has 22 heavy (non-hydrogen) atoms. The van der Waals surface area contributed by atoms with E-state index in [1.54, 1.807) is 0 Å². The number of rotatable bonds is 14. The summed E-state index contributed by atoms with van der Waals surface area (Å²) in [6, 6.07) is 0. The summed E-state index contributed by atoms with van der Waals surface area (Å²) in [7, 11) is 0. The van der Waals surface area contributed by atoms with Gasteiger partial charge in [0.2, 0.25) is 0 Å². The van der Waals surface area contributed by atoms with Crippen LogP contribution in [-0.2, 0) is 4.79 Å². The topological polar surface area (TPSA) is 77.8 Å². The Morgan fingerprint density at radius 3 is 2.23 bits per heavy atom. The molecule has 0 saturated heterocycles. The zero-order valence-electron chi connectivity index (χ0n) is 13.8. The van der Waals surface area contributed by atoms with Gasteiger partial charge in [0.25, 0.3) is 0 Å². The predicted molar refractivity (Wildman–Crippen MR) is 89.8 cm³/mol. The number of aliphatic hydroxyl groups is 2. The van der Waals surface area contributed by atoms with Gasteiger partial charge in [0.1, 0.15) is 0 Å². The smallest absolute Gasteiger partial charge is 0.303 e. The van der Waals surface area contributed by atoms with Crippen LogP contribution in [-0.4, -0.2) is 33.5 Å². The Morgan fingerprint density at radius 2 is 1.55 bits per heavy atom. The van der Waals surface area contributed by atoms with Crippen LogP contribution in [0, 0.1) is 0 Å². The maximum absolute atomic E-state index is 10.3. The van der Waals surface area contributed by atoms with Crippen molar-refractivity contribution in [2.24, 2.45) is 0 Å². The Kier molecular flexibility index (Phi) is 14.0. The van der Waals surface area contributed by atoms with Crippen molar-refractivity contribution in [3.05, 3.63) is 24.3 Å². The Balaban J connectivity index is 3.55. The molecule has 4 nitrogen and oxygen atoms in total. The van der Waals surface area contributed by atoms with E-state index in [9.17, 15) is 15.0 Å². The van der Waals surface area contributed by atoms with E-state index in [0.717, 1.165) is 44.9 Å². The van der Waals surface area contributed by atoms with E-state index < -0.39 is 18.2 Å². The maximum atomic E-state index is 10.3. The van der Waals surface area contributed by atoms with E-state index in [0.29, 0.717) is 12.8 Å². The molecule has 2 unspecified atom stereocenters. The molecule has 0 aromatic rings. The molecule has 0 spiro atoms. The summed E-state index contributed by atoms with van der Waals surface area (Å²) in [5.41, 5.74) is 0. The first-order valence-electron chi connectivity index (χ1n) is 8.45. The molecule has 128 valence electrons. The Hall–Kier alpha value is -1.13. The molecule has 0 heterocycles. The summed E-state index contributed by atoms with van der Waals surface area (Å²) in [5.74, 6) is -0.739. The third kappa shape index (κ3) is 13.8. The summed E-state index contributed by atoms with van der Waals surface area (Å²) >= 11 is 0. The molecule has 0 aliphatic carbocycles. The van der Waals surface area contributed by atoms with Crippen LogP contribution in [0.1, 0.15) is 71.1 Å². The molecule has 0 saturated carbocycles. The first kappa shape index (κ1) is 20.9. The molecule has 0 aliphatic rings.